The molecule has 1 aromatic heterocycles. The monoisotopic (exact) mass is 338 g/mol. The molecule has 0 radical (unpaired) electrons. The molecule has 5 nitrogen and oxygen atoms in total. The summed E-state index contributed by atoms with van der Waals surface area (Å²) in [7, 11) is 0. The molecule has 0 aliphatic heterocycles. The van der Waals surface area contributed by atoms with E-state index in [2.05, 4.69) is 26.2 Å². The van der Waals surface area contributed by atoms with Gasteiger partial charge in [0.1, 0.15) is 0 Å². The first kappa shape index (κ1) is 14.7. The van der Waals surface area contributed by atoms with Crippen LogP contribution in [0.2, 0.25) is 0 Å². The fraction of sp³-hybridized carbons (Fsp3) is 0.286. The van der Waals surface area contributed by atoms with Crippen molar-refractivity contribution < 1.29 is 15.0 Å². The average Bonchev–Trinajstić information content (AvgIpc) is 2.37. The molecule has 3 N–H and O–H groups in total. The molecule has 0 spiro atoms. The van der Waals surface area contributed by atoms with E-state index in [9.17, 15) is 9.90 Å². The smallest absolute Gasteiger partial charge is 0.337 e. The SMILES string of the molecule is Cc1cc2c(Br)ccnc2cc1NCC(C)(O)C(=O)O. The Bertz CT molecular complexity index is 671. The van der Waals surface area contributed by atoms with Crippen molar-refractivity contribution in [2.24, 2.45) is 0 Å². The Morgan fingerprint density at radius 3 is 2.85 bits per heavy atom. The van der Waals surface area contributed by atoms with E-state index in [0.29, 0.717) is 0 Å². The molecule has 1 aromatic carbocycles. The van der Waals surface area contributed by atoms with Gasteiger partial charge < -0.3 is 15.5 Å². The van der Waals surface area contributed by atoms with Crippen molar-refractivity contribution in [3.8, 4) is 0 Å². The van der Waals surface area contributed by atoms with E-state index in [1.807, 2.05) is 25.1 Å². The summed E-state index contributed by atoms with van der Waals surface area (Å²) < 4.78 is 0.953. The normalized spacial score (nSPS) is 14.0. The topological polar surface area (TPSA) is 82.5 Å². The van der Waals surface area contributed by atoms with Crippen LogP contribution < -0.4 is 5.32 Å². The maximum atomic E-state index is 10.9. The molecule has 1 unspecified atom stereocenters. The van der Waals surface area contributed by atoms with Gasteiger partial charge in [-0.2, -0.15) is 0 Å². The number of aliphatic carboxylic acids is 1. The van der Waals surface area contributed by atoms with Crippen LogP contribution in [-0.2, 0) is 4.79 Å². The van der Waals surface area contributed by atoms with E-state index in [1.54, 1.807) is 6.20 Å². The number of nitrogens with zero attached hydrogens (tertiary/aromatic N) is 1. The lowest BCUT2D eigenvalue weighted by molar-refractivity contribution is -0.155. The van der Waals surface area contributed by atoms with Gasteiger partial charge in [0, 0.05) is 21.7 Å². The van der Waals surface area contributed by atoms with Gasteiger partial charge in [0.05, 0.1) is 12.1 Å². The first-order valence-electron chi connectivity index (χ1n) is 6.06. The maximum Gasteiger partial charge on any atom is 0.337 e. The van der Waals surface area contributed by atoms with Gasteiger partial charge in [-0.15, -0.1) is 0 Å². The van der Waals surface area contributed by atoms with Crippen LogP contribution in [0.4, 0.5) is 5.69 Å². The van der Waals surface area contributed by atoms with Crippen LogP contribution in [0.15, 0.2) is 28.9 Å². The summed E-state index contributed by atoms with van der Waals surface area (Å²) in [5.41, 5.74) is 0.686. The average molecular weight is 339 g/mol. The van der Waals surface area contributed by atoms with Gasteiger partial charge in [-0.05, 0) is 37.6 Å². The molecule has 0 aliphatic carbocycles. The second-order valence-corrected chi connectivity index (χ2v) is 5.76. The number of hydrogen-bond acceptors (Lipinski definition) is 4. The van der Waals surface area contributed by atoms with Gasteiger partial charge in [0.15, 0.2) is 5.60 Å². The number of rotatable bonds is 4. The summed E-state index contributed by atoms with van der Waals surface area (Å²) in [5, 5.41) is 22.6. The van der Waals surface area contributed by atoms with Crippen molar-refractivity contribution in [1.82, 2.24) is 4.98 Å². The van der Waals surface area contributed by atoms with Crippen LogP contribution in [0.3, 0.4) is 0 Å². The number of anilines is 1. The number of benzene rings is 1. The highest BCUT2D eigenvalue weighted by atomic mass is 79.9. The fourth-order valence-electron chi connectivity index (χ4n) is 1.80. The van der Waals surface area contributed by atoms with E-state index in [0.717, 1.165) is 26.6 Å². The summed E-state index contributed by atoms with van der Waals surface area (Å²) in [5.74, 6) is -1.26. The minimum Gasteiger partial charge on any atom is -0.479 e. The Kier molecular flexibility index (Phi) is 3.96. The number of hydrogen-bond donors (Lipinski definition) is 3. The molecule has 106 valence electrons. The van der Waals surface area contributed by atoms with Crippen molar-refractivity contribution >= 4 is 38.5 Å². The van der Waals surface area contributed by atoms with Gasteiger partial charge in [-0.3, -0.25) is 4.98 Å². The Balaban J connectivity index is 2.32. The molecule has 1 atom stereocenters. The zero-order valence-electron chi connectivity index (χ0n) is 11.1. The van der Waals surface area contributed by atoms with Gasteiger partial charge in [-0.25, -0.2) is 4.79 Å². The number of nitrogens with one attached hydrogen (secondary N) is 1. The van der Waals surface area contributed by atoms with Crippen molar-refractivity contribution in [3.63, 3.8) is 0 Å². The summed E-state index contributed by atoms with van der Waals surface area (Å²) in [6.07, 6.45) is 1.69. The minimum absolute atomic E-state index is 0.0807. The van der Waals surface area contributed by atoms with Crippen molar-refractivity contribution in [2.45, 2.75) is 19.4 Å². The quantitative estimate of drug-likeness (QED) is 0.798. The Hall–Kier alpha value is -1.66. The molecule has 2 aromatic rings. The lowest BCUT2D eigenvalue weighted by Gasteiger charge is -2.20. The largest absolute Gasteiger partial charge is 0.479 e. The fourth-order valence-corrected chi connectivity index (χ4v) is 2.24. The molecule has 20 heavy (non-hydrogen) atoms. The number of aryl methyl sites for hydroxylation is 1. The lowest BCUT2D eigenvalue weighted by Crippen LogP contribution is -2.41. The van der Waals surface area contributed by atoms with Crippen LogP contribution >= 0.6 is 15.9 Å². The molecule has 0 saturated carbocycles. The van der Waals surface area contributed by atoms with Crippen LogP contribution in [0.1, 0.15) is 12.5 Å². The Morgan fingerprint density at radius 2 is 2.20 bits per heavy atom. The van der Waals surface area contributed by atoms with E-state index >= 15 is 0 Å². The van der Waals surface area contributed by atoms with Gasteiger partial charge in [0.2, 0.25) is 0 Å². The third-order valence-electron chi connectivity index (χ3n) is 3.12. The summed E-state index contributed by atoms with van der Waals surface area (Å²) in [4.78, 5) is 15.2. The van der Waals surface area contributed by atoms with Crippen LogP contribution in [0.25, 0.3) is 10.9 Å². The lowest BCUT2D eigenvalue weighted by atomic mass is 10.1. The Labute approximate surface area is 124 Å². The molecule has 6 heteroatoms. The number of carbonyl (C=O) groups is 1. The van der Waals surface area contributed by atoms with E-state index in [4.69, 9.17) is 5.11 Å². The summed E-state index contributed by atoms with van der Waals surface area (Å²) in [6.45, 7) is 3.09. The Morgan fingerprint density at radius 1 is 1.50 bits per heavy atom. The zero-order valence-corrected chi connectivity index (χ0v) is 12.7. The highest BCUT2D eigenvalue weighted by Crippen LogP contribution is 2.27. The third-order valence-corrected chi connectivity index (χ3v) is 3.81. The molecule has 0 saturated heterocycles. The van der Waals surface area contributed by atoms with Crippen LogP contribution in [0.5, 0.6) is 0 Å². The first-order valence-corrected chi connectivity index (χ1v) is 6.85. The molecule has 0 aliphatic rings. The highest BCUT2D eigenvalue weighted by Gasteiger charge is 2.29. The number of carboxylic acid groups (broad SMARTS) is 1. The number of aromatic nitrogens is 1. The predicted molar refractivity (Wildman–Crippen MR) is 80.9 cm³/mol. The van der Waals surface area contributed by atoms with E-state index in [-0.39, 0.29) is 6.54 Å². The molecule has 1 heterocycles. The molecule has 0 bridgehead atoms. The van der Waals surface area contributed by atoms with Gasteiger partial charge in [-0.1, -0.05) is 15.9 Å². The number of carboxylic acids is 1. The van der Waals surface area contributed by atoms with Gasteiger partial charge >= 0.3 is 5.97 Å². The molecular weight excluding hydrogens is 324 g/mol. The molecule has 0 fully saturated rings. The van der Waals surface area contributed by atoms with Gasteiger partial charge in [0.25, 0.3) is 0 Å². The first-order chi connectivity index (χ1) is 9.31. The zero-order chi connectivity index (χ0) is 14.9. The van der Waals surface area contributed by atoms with Crippen molar-refractivity contribution in [2.75, 3.05) is 11.9 Å². The van der Waals surface area contributed by atoms with Crippen molar-refractivity contribution in [1.29, 1.82) is 0 Å². The number of pyridine rings is 1. The summed E-state index contributed by atoms with van der Waals surface area (Å²) >= 11 is 3.47. The number of fused-ring (bicyclic) bond motifs is 1. The van der Waals surface area contributed by atoms with E-state index in [1.165, 1.54) is 6.92 Å². The standard InChI is InChI=1S/C14H15BrN2O3/c1-8-5-9-10(15)3-4-16-12(9)6-11(8)17-7-14(2,20)13(18)19/h3-6,17,20H,7H2,1-2H3,(H,18,19). The second kappa shape index (κ2) is 5.38. The number of halogens is 1. The van der Waals surface area contributed by atoms with E-state index < -0.39 is 11.6 Å². The summed E-state index contributed by atoms with van der Waals surface area (Å²) in [6, 6.07) is 5.67. The predicted octanol–water partition coefficient (Wildman–Crippen LogP) is 2.55. The number of aliphatic hydroxyl groups is 1. The minimum atomic E-state index is -1.81. The molecule has 0 amide bonds. The van der Waals surface area contributed by atoms with Crippen LogP contribution in [-0.4, -0.2) is 33.3 Å². The van der Waals surface area contributed by atoms with Crippen molar-refractivity contribution in [3.05, 3.63) is 34.4 Å². The second-order valence-electron chi connectivity index (χ2n) is 4.91. The molecular formula is C14H15BrN2O3. The van der Waals surface area contributed by atoms with Crippen LogP contribution in [0, 0.1) is 6.92 Å². The highest BCUT2D eigenvalue weighted by molar-refractivity contribution is 9.10. The third kappa shape index (κ3) is 2.91. The molecule has 2 rings (SSSR count). The maximum absolute atomic E-state index is 10.9.